The van der Waals surface area contributed by atoms with Gasteiger partial charge in [-0.2, -0.15) is 0 Å². The molecule has 2 rings (SSSR count). The minimum Gasteiger partial charge on any atom is -0.494 e. The Morgan fingerprint density at radius 3 is 2.83 bits per heavy atom. The zero-order valence-corrected chi connectivity index (χ0v) is 10.7. The van der Waals surface area contributed by atoms with E-state index < -0.39 is 5.97 Å². The van der Waals surface area contributed by atoms with Gasteiger partial charge in [0.2, 0.25) is 0 Å². The van der Waals surface area contributed by atoms with E-state index in [-0.39, 0.29) is 6.42 Å². The van der Waals surface area contributed by atoms with Crippen molar-refractivity contribution in [2.24, 2.45) is 0 Å². The Balaban J connectivity index is 1.66. The highest BCUT2D eigenvalue weighted by Gasteiger charge is 2.10. The third-order valence-electron chi connectivity index (χ3n) is 3.37. The minimum absolute atomic E-state index is 0.263. The molecule has 0 unspecified atom stereocenters. The van der Waals surface area contributed by atoms with E-state index in [1.807, 2.05) is 6.07 Å². The third-order valence-corrected chi connectivity index (χ3v) is 3.37. The summed E-state index contributed by atoms with van der Waals surface area (Å²) in [5.74, 6) is 0.239. The van der Waals surface area contributed by atoms with E-state index in [4.69, 9.17) is 9.84 Å². The number of rotatable bonds is 7. The largest absolute Gasteiger partial charge is 0.494 e. The summed E-state index contributed by atoms with van der Waals surface area (Å²) in [4.78, 5) is 10.3. The molecule has 0 saturated carbocycles. The van der Waals surface area contributed by atoms with E-state index in [9.17, 15) is 4.79 Å². The Labute approximate surface area is 108 Å². The molecule has 18 heavy (non-hydrogen) atoms. The number of carboxylic acids is 1. The quantitative estimate of drug-likeness (QED) is 0.754. The van der Waals surface area contributed by atoms with Crippen molar-refractivity contribution in [1.29, 1.82) is 0 Å². The molecule has 0 heterocycles. The normalized spacial score (nSPS) is 13.3. The lowest BCUT2D eigenvalue weighted by atomic mass is 10.1. The number of aryl methyl sites for hydroxylation is 2. The van der Waals surface area contributed by atoms with Crippen molar-refractivity contribution >= 4 is 5.97 Å². The molecular formula is C15H20O3. The van der Waals surface area contributed by atoms with Gasteiger partial charge in [0.1, 0.15) is 5.75 Å². The first-order chi connectivity index (χ1) is 8.75. The molecular weight excluding hydrogens is 228 g/mol. The van der Waals surface area contributed by atoms with Gasteiger partial charge in [-0.25, -0.2) is 0 Å². The fourth-order valence-electron chi connectivity index (χ4n) is 2.38. The average molecular weight is 248 g/mol. The Morgan fingerprint density at radius 1 is 1.17 bits per heavy atom. The van der Waals surface area contributed by atoms with Crippen molar-refractivity contribution in [1.82, 2.24) is 0 Å². The molecule has 0 bridgehead atoms. The second-order valence-electron chi connectivity index (χ2n) is 4.84. The molecule has 3 nitrogen and oxygen atoms in total. The van der Waals surface area contributed by atoms with E-state index in [2.05, 4.69) is 12.1 Å². The lowest BCUT2D eigenvalue weighted by Crippen LogP contribution is -1.99. The third kappa shape index (κ3) is 3.76. The molecule has 0 radical (unpaired) electrons. The average Bonchev–Trinajstić information content (AvgIpc) is 2.80. The lowest BCUT2D eigenvalue weighted by Gasteiger charge is -2.07. The zero-order chi connectivity index (χ0) is 12.8. The minimum atomic E-state index is -0.713. The van der Waals surface area contributed by atoms with Crippen molar-refractivity contribution in [2.75, 3.05) is 6.61 Å². The molecule has 0 saturated heterocycles. The number of ether oxygens (including phenoxy) is 1. The van der Waals surface area contributed by atoms with Crippen molar-refractivity contribution in [2.45, 2.75) is 44.9 Å². The molecule has 0 aromatic heterocycles. The van der Waals surface area contributed by atoms with Gasteiger partial charge in [-0.3, -0.25) is 4.79 Å². The summed E-state index contributed by atoms with van der Waals surface area (Å²) in [7, 11) is 0. The van der Waals surface area contributed by atoms with Gasteiger partial charge in [-0.05, 0) is 61.8 Å². The Hall–Kier alpha value is -1.51. The summed E-state index contributed by atoms with van der Waals surface area (Å²) in [6.45, 7) is 0.679. The van der Waals surface area contributed by atoms with Gasteiger partial charge in [-0.1, -0.05) is 6.07 Å². The molecule has 0 amide bonds. The van der Waals surface area contributed by atoms with Gasteiger partial charge in [0.15, 0.2) is 0 Å². The van der Waals surface area contributed by atoms with Gasteiger partial charge in [0.25, 0.3) is 0 Å². The van der Waals surface area contributed by atoms with Crippen LogP contribution in [0.25, 0.3) is 0 Å². The van der Waals surface area contributed by atoms with Crippen LogP contribution in [0.5, 0.6) is 5.75 Å². The summed E-state index contributed by atoms with van der Waals surface area (Å²) >= 11 is 0. The maximum absolute atomic E-state index is 10.3. The maximum atomic E-state index is 10.3. The SMILES string of the molecule is O=C(O)CCCCCOc1ccc2c(c1)CCC2. The van der Waals surface area contributed by atoms with E-state index in [0.717, 1.165) is 25.0 Å². The lowest BCUT2D eigenvalue weighted by molar-refractivity contribution is -0.137. The van der Waals surface area contributed by atoms with Crippen molar-refractivity contribution in [3.8, 4) is 5.75 Å². The number of benzene rings is 1. The molecule has 1 aromatic rings. The van der Waals surface area contributed by atoms with Crippen molar-refractivity contribution in [3.05, 3.63) is 29.3 Å². The van der Waals surface area contributed by atoms with Gasteiger partial charge < -0.3 is 9.84 Å². The molecule has 0 atom stereocenters. The summed E-state index contributed by atoms with van der Waals surface area (Å²) in [5, 5.41) is 8.51. The summed E-state index contributed by atoms with van der Waals surface area (Å²) in [6, 6.07) is 6.36. The van der Waals surface area contributed by atoms with Crippen LogP contribution in [0.3, 0.4) is 0 Å². The molecule has 1 N–H and O–H groups in total. The van der Waals surface area contributed by atoms with Gasteiger partial charge in [0.05, 0.1) is 6.61 Å². The number of fused-ring (bicyclic) bond motifs is 1. The van der Waals surface area contributed by atoms with Gasteiger partial charge in [0, 0.05) is 6.42 Å². The first-order valence-corrected chi connectivity index (χ1v) is 6.72. The number of carboxylic acid groups (broad SMARTS) is 1. The first-order valence-electron chi connectivity index (χ1n) is 6.72. The van der Waals surface area contributed by atoms with Crippen LogP contribution < -0.4 is 4.74 Å². The van der Waals surface area contributed by atoms with Crippen LogP contribution in [-0.4, -0.2) is 17.7 Å². The van der Waals surface area contributed by atoms with Crippen LogP contribution in [0.15, 0.2) is 18.2 Å². The van der Waals surface area contributed by atoms with Crippen LogP contribution in [0.2, 0.25) is 0 Å². The smallest absolute Gasteiger partial charge is 0.303 e. The topological polar surface area (TPSA) is 46.5 Å². The highest BCUT2D eigenvalue weighted by Crippen LogP contribution is 2.26. The van der Waals surface area contributed by atoms with Gasteiger partial charge in [-0.15, -0.1) is 0 Å². The maximum Gasteiger partial charge on any atom is 0.303 e. The predicted molar refractivity (Wildman–Crippen MR) is 70.1 cm³/mol. The monoisotopic (exact) mass is 248 g/mol. The molecule has 1 aliphatic rings. The molecule has 1 aromatic carbocycles. The van der Waals surface area contributed by atoms with Crippen LogP contribution in [0, 0.1) is 0 Å². The fraction of sp³-hybridized carbons (Fsp3) is 0.533. The fourth-order valence-corrected chi connectivity index (χ4v) is 2.38. The van der Waals surface area contributed by atoms with E-state index in [1.54, 1.807) is 0 Å². The molecule has 0 fully saturated rings. The predicted octanol–water partition coefficient (Wildman–Crippen LogP) is 3.20. The van der Waals surface area contributed by atoms with E-state index >= 15 is 0 Å². The first kappa shape index (κ1) is 12.9. The van der Waals surface area contributed by atoms with Crippen molar-refractivity contribution < 1.29 is 14.6 Å². The van der Waals surface area contributed by atoms with Gasteiger partial charge >= 0.3 is 5.97 Å². The number of carbonyl (C=O) groups is 1. The summed E-state index contributed by atoms with van der Waals surface area (Å²) < 4.78 is 5.69. The number of hydrogen-bond donors (Lipinski definition) is 1. The van der Waals surface area contributed by atoms with E-state index in [0.29, 0.717) is 6.61 Å². The molecule has 1 aliphatic carbocycles. The second kappa shape index (κ2) is 6.43. The standard InChI is InChI=1S/C15H20O3/c16-15(17)7-2-1-3-10-18-14-9-8-12-5-4-6-13(12)11-14/h8-9,11H,1-7,10H2,(H,16,17). The highest BCUT2D eigenvalue weighted by atomic mass is 16.5. The Bertz CT molecular complexity index is 412. The molecule has 98 valence electrons. The molecule has 0 aliphatic heterocycles. The molecule has 3 heteroatoms. The Kier molecular flexibility index (Phi) is 4.62. The number of unbranched alkanes of at least 4 members (excludes halogenated alkanes) is 2. The second-order valence-corrected chi connectivity index (χ2v) is 4.84. The van der Waals surface area contributed by atoms with Crippen LogP contribution in [0.4, 0.5) is 0 Å². The van der Waals surface area contributed by atoms with Crippen LogP contribution in [0.1, 0.15) is 43.2 Å². The number of hydrogen-bond acceptors (Lipinski definition) is 2. The van der Waals surface area contributed by atoms with E-state index in [1.165, 1.54) is 30.4 Å². The van der Waals surface area contributed by atoms with Crippen LogP contribution >= 0.6 is 0 Å². The van der Waals surface area contributed by atoms with Crippen molar-refractivity contribution in [3.63, 3.8) is 0 Å². The Morgan fingerprint density at radius 2 is 2.00 bits per heavy atom. The number of aliphatic carboxylic acids is 1. The summed E-state index contributed by atoms with van der Waals surface area (Å²) in [6.07, 6.45) is 6.47. The summed E-state index contributed by atoms with van der Waals surface area (Å²) in [5.41, 5.74) is 2.89. The van der Waals surface area contributed by atoms with Crippen LogP contribution in [-0.2, 0) is 17.6 Å². The molecule has 0 spiro atoms. The zero-order valence-electron chi connectivity index (χ0n) is 10.7. The highest BCUT2D eigenvalue weighted by molar-refractivity contribution is 5.66.